The van der Waals surface area contributed by atoms with Gasteiger partial charge in [-0.25, -0.2) is 22.2 Å². The summed E-state index contributed by atoms with van der Waals surface area (Å²) >= 11 is 0. The quantitative estimate of drug-likeness (QED) is 0.435. The highest BCUT2D eigenvalue weighted by Gasteiger charge is 2.52. The van der Waals surface area contributed by atoms with Gasteiger partial charge in [0.2, 0.25) is 5.91 Å². The van der Waals surface area contributed by atoms with Crippen LogP contribution in [0.15, 0.2) is 41.4 Å². The number of aryl methyl sites for hydroxylation is 1. The minimum atomic E-state index is -4.34. The van der Waals surface area contributed by atoms with E-state index in [0.29, 0.717) is 42.4 Å². The predicted octanol–water partition coefficient (Wildman–Crippen LogP) is 3.78. The van der Waals surface area contributed by atoms with Crippen molar-refractivity contribution in [2.24, 2.45) is 0 Å². The number of halogens is 2. The van der Waals surface area contributed by atoms with Crippen LogP contribution in [-0.4, -0.2) is 24.3 Å². The second-order valence-corrected chi connectivity index (χ2v) is 10.0. The number of nitrogens with one attached hydrogen (secondary N) is 4. The van der Waals surface area contributed by atoms with Crippen molar-refractivity contribution in [3.63, 3.8) is 0 Å². The molecule has 11 heteroatoms. The zero-order valence-corrected chi connectivity index (χ0v) is 18.4. The molecule has 4 N–H and O–H groups in total. The predicted molar refractivity (Wildman–Crippen MR) is 118 cm³/mol. The van der Waals surface area contributed by atoms with E-state index in [0.717, 1.165) is 30.1 Å². The molecule has 2 heterocycles. The van der Waals surface area contributed by atoms with E-state index in [4.69, 9.17) is 0 Å². The zero-order chi connectivity index (χ0) is 23.4. The summed E-state index contributed by atoms with van der Waals surface area (Å²) in [5.74, 6) is -1.43. The maximum absolute atomic E-state index is 14.2. The number of carbonyl (C=O) groups is 1. The van der Waals surface area contributed by atoms with Crippen LogP contribution < -0.4 is 15.4 Å². The van der Waals surface area contributed by atoms with Gasteiger partial charge in [-0.15, -0.1) is 0 Å². The number of hydrogen-bond acceptors (Lipinski definition) is 5. The first kappa shape index (κ1) is 21.4. The summed E-state index contributed by atoms with van der Waals surface area (Å²) in [6.07, 6.45) is 3.89. The van der Waals surface area contributed by atoms with Gasteiger partial charge in [-0.2, -0.15) is 0 Å². The van der Waals surface area contributed by atoms with Crippen LogP contribution >= 0.6 is 0 Å². The standard InChI is InChI=1S/C22H21F2N5O3S/c1-12-25-10-15(27-12)11-26-18-9-14(8-16-20(18)28-21(30)22(16)5-2-6-22)29-33(31,32)19-4-3-13(23)7-17(19)24/h3-4,7-10,26,29H,2,5-6,11H2,1H3,(H,25,27)(H,28,30). The lowest BCUT2D eigenvalue weighted by Gasteiger charge is -2.36. The van der Waals surface area contributed by atoms with Crippen LogP contribution in [0.25, 0.3) is 0 Å². The molecule has 1 spiro atoms. The molecule has 172 valence electrons. The first-order valence-corrected chi connectivity index (χ1v) is 11.9. The number of hydrogen-bond donors (Lipinski definition) is 4. The second kappa shape index (κ2) is 7.55. The molecule has 3 aromatic rings. The highest BCUT2D eigenvalue weighted by Crippen LogP contribution is 2.54. The van der Waals surface area contributed by atoms with Crippen molar-refractivity contribution >= 4 is 33.0 Å². The van der Waals surface area contributed by atoms with E-state index >= 15 is 0 Å². The summed E-state index contributed by atoms with van der Waals surface area (Å²) in [7, 11) is -4.34. The molecule has 1 amide bonds. The van der Waals surface area contributed by atoms with Gasteiger partial charge in [0.25, 0.3) is 10.0 Å². The van der Waals surface area contributed by atoms with E-state index in [2.05, 4.69) is 25.3 Å². The fourth-order valence-corrected chi connectivity index (χ4v) is 5.49. The van der Waals surface area contributed by atoms with E-state index < -0.39 is 32.0 Å². The Morgan fingerprint density at radius 2 is 1.97 bits per heavy atom. The third-order valence-electron chi connectivity index (χ3n) is 6.19. The Morgan fingerprint density at radius 1 is 1.18 bits per heavy atom. The Hall–Kier alpha value is -3.47. The Morgan fingerprint density at radius 3 is 2.61 bits per heavy atom. The molecule has 0 atom stereocenters. The molecule has 0 unspecified atom stereocenters. The molecule has 2 aromatic carbocycles. The molecule has 5 rings (SSSR count). The van der Waals surface area contributed by atoms with Crippen molar-refractivity contribution in [1.29, 1.82) is 0 Å². The number of benzene rings is 2. The smallest absolute Gasteiger partial charge is 0.264 e. The van der Waals surface area contributed by atoms with Crippen molar-refractivity contribution < 1.29 is 22.0 Å². The lowest BCUT2D eigenvalue weighted by Crippen LogP contribution is -2.40. The summed E-state index contributed by atoms with van der Waals surface area (Å²) in [5.41, 5.74) is 2.11. The molecule has 1 aromatic heterocycles. The number of sulfonamides is 1. The summed E-state index contributed by atoms with van der Waals surface area (Å²) in [5, 5.41) is 6.15. The topological polar surface area (TPSA) is 116 Å². The first-order chi connectivity index (χ1) is 15.7. The van der Waals surface area contributed by atoms with E-state index in [9.17, 15) is 22.0 Å². The number of imidazole rings is 1. The minimum Gasteiger partial charge on any atom is -0.378 e. The van der Waals surface area contributed by atoms with Gasteiger partial charge in [0.15, 0.2) is 0 Å². The van der Waals surface area contributed by atoms with Crippen LogP contribution in [0.4, 0.5) is 25.8 Å². The number of nitrogens with zero attached hydrogens (tertiary/aromatic N) is 1. The summed E-state index contributed by atoms with van der Waals surface area (Å²) in [6, 6.07) is 5.42. The number of aromatic amines is 1. The fraction of sp³-hybridized carbons (Fsp3) is 0.273. The van der Waals surface area contributed by atoms with Crippen LogP contribution in [0.1, 0.15) is 36.3 Å². The molecule has 0 saturated heterocycles. The molecule has 1 aliphatic carbocycles. The van der Waals surface area contributed by atoms with Crippen LogP contribution in [0, 0.1) is 18.6 Å². The highest BCUT2D eigenvalue weighted by atomic mass is 32.2. The molecule has 0 bridgehead atoms. The Bertz CT molecular complexity index is 1380. The van der Waals surface area contributed by atoms with E-state index in [1.807, 2.05) is 6.92 Å². The zero-order valence-electron chi connectivity index (χ0n) is 17.6. The average Bonchev–Trinajstić information content (AvgIpc) is 3.25. The largest absolute Gasteiger partial charge is 0.378 e. The summed E-state index contributed by atoms with van der Waals surface area (Å²) < 4.78 is 55.5. The maximum Gasteiger partial charge on any atom is 0.264 e. The van der Waals surface area contributed by atoms with Gasteiger partial charge in [-0.3, -0.25) is 9.52 Å². The van der Waals surface area contributed by atoms with Gasteiger partial charge in [0, 0.05) is 6.07 Å². The Kier molecular flexibility index (Phi) is 4.89. The van der Waals surface area contributed by atoms with Crippen LogP contribution in [0.3, 0.4) is 0 Å². The van der Waals surface area contributed by atoms with Gasteiger partial charge in [-0.1, -0.05) is 6.42 Å². The molecule has 0 radical (unpaired) electrons. The number of amides is 1. The lowest BCUT2D eigenvalue weighted by molar-refractivity contribution is -0.123. The molecule has 1 fully saturated rings. The third kappa shape index (κ3) is 3.62. The molecular formula is C22H21F2N5O3S. The number of rotatable bonds is 6. The van der Waals surface area contributed by atoms with Crippen LogP contribution in [0.2, 0.25) is 0 Å². The fourth-order valence-electron chi connectivity index (χ4n) is 4.39. The molecule has 1 saturated carbocycles. The summed E-state index contributed by atoms with van der Waals surface area (Å²) in [6.45, 7) is 2.19. The van der Waals surface area contributed by atoms with Crippen molar-refractivity contribution in [2.75, 3.05) is 15.4 Å². The SMILES string of the molecule is Cc1ncc(CNc2cc(NS(=O)(=O)c3ccc(F)cc3F)cc3c2NC(=O)C32CCC2)[nH]1. The molecular weight excluding hydrogens is 452 g/mol. The van der Waals surface area contributed by atoms with E-state index in [-0.39, 0.29) is 11.6 Å². The van der Waals surface area contributed by atoms with Gasteiger partial charge in [0.05, 0.1) is 40.9 Å². The van der Waals surface area contributed by atoms with Gasteiger partial charge >= 0.3 is 0 Å². The van der Waals surface area contributed by atoms with Crippen molar-refractivity contribution in [2.45, 2.75) is 43.0 Å². The van der Waals surface area contributed by atoms with Crippen LogP contribution in [-0.2, 0) is 26.8 Å². The van der Waals surface area contributed by atoms with Crippen molar-refractivity contribution in [3.8, 4) is 0 Å². The average molecular weight is 474 g/mol. The number of aromatic nitrogens is 2. The second-order valence-electron chi connectivity index (χ2n) is 8.36. The lowest BCUT2D eigenvalue weighted by atomic mass is 9.65. The molecule has 33 heavy (non-hydrogen) atoms. The molecule has 2 aliphatic rings. The van der Waals surface area contributed by atoms with Gasteiger partial charge in [-0.05, 0) is 49.6 Å². The van der Waals surface area contributed by atoms with Crippen molar-refractivity contribution in [1.82, 2.24) is 9.97 Å². The molecule has 1 aliphatic heterocycles. The summed E-state index contributed by atoms with van der Waals surface area (Å²) in [4.78, 5) is 19.4. The Labute approximate surface area is 188 Å². The van der Waals surface area contributed by atoms with Gasteiger partial charge in [0.1, 0.15) is 22.4 Å². The van der Waals surface area contributed by atoms with Crippen molar-refractivity contribution in [3.05, 3.63) is 65.2 Å². The van der Waals surface area contributed by atoms with Crippen LogP contribution in [0.5, 0.6) is 0 Å². The molecule has 8 nitrogen and oxygen atoms in total. The van der Waals surface area contributed by atoms with E-state index in [1.165, 1.54) is 0 Å². The number of fused-ring (bicyclic) bond motifs is 2. The highest BCUT2D eigenvalue weighted by molar-refractivity contribution is 7.92. The third-order valence-corrected chi connectivity index (χ3v) is 7.61. The maximum atomic E-state index is 14.2. The normalized spacial score (nSPS) is 16.3. The minimum absolute atomic E-state index is 0.117. The first-order valence-electron chi connectivity index (χ1n) is 10.4. The monoisotopic (exact) mass is 473 g/mol. The van der Waals surface area contributed by atoms with E-state index in [1.54, 1.807) is 18.3 Å². The van der Waals surface area contributed by atoms with Gasteiger partial charge < -0.3 is 15.6 Å². The number of H-pyrrole nitrogens is 1. The number of anilines is 3. The number of carbonyl (C=O) groups excluding carboxylic acids is 1. The Balaban J connectivity index is 1.53.